The van der Waals surface area contributed by atoms with Crippen molar-refractivity contribution < 1.29 is 19.2 Å². The molecule has 1 aromatic rings. The molecule has 7 nitrogen and oxygen atoms in total. The van der Waals surface area contributed by atoms with Crippen LogP contribution in [0.4, 0.5) is 11.4 Å². The van der Waals surface area contributed by atoms with E-state index < -0.39 is 17.4 Å². The van der Waals surface area contributed by atoms with E-state index in [0.717, 1.165) is 38.2 Å². The zero-order valence-electron chi connectivity index (χ0n) is 12.4. The van der Waals surface area contributed by atoms with Gasteiger partial charge in [0, 0.05) is 12.1 Å². The van der Waals surface area contributed by atoms with Crippen molar-refractivity contribution in [3.8, 4) is 0 Å². The quantitative estimate of drug-likeness (QED) is 0.503. The number of hydrogen-bond acceptors (Lipinski definition) is 5. The number of carbonyl (C=O) groups excluding carboxylic acids is 2. The Morgan fingerprint density at radius 3 is 2.61 bits per heavy atom. The molecule has 1 aliphatic rings. The first kappa shape index (κ1) is 17.2. The van der Waals surface area contributed by atoms with E-state index in [1.807, 2.05) is 0 Å². The van der Waals surface area contributed by atoms with Crippen LogP contribution in [-0.2, 0) is 14.3 Å². The van der Waals surface area contributed by atoms with Gasteiger partial charge < -0.3 is 10.1 Å². The van der Waals surface area contributed by atoms with Gasteiger partial charge in [0.05, 0.1) is 21.6 Å². The predicted molar refractivity (Wildman–Crippen MR) is 84.3 cm³/mol. The molecule has 0 aliphatic heterocycles. The third-order valence-corrected chi connectivity index (χ3v) is 4.03. The summed E-state index contributed by atoms with van der Waals surface area (Å²) < 4.78 is 5.02. The Bertz CT molecular complexity index is 614. The summed E-state index contributed by atoms with van der Waals surface area (Å²) in [4.78, 5) is 33.7. The SMILES string of the molecule is O=C(COC(=O)C1CCCCC1)Nc1ccc([N+](=O)[O-])cc1Cl. The van der Waals surface area contributed by atoms with Crippen LogP contribution in [0.1, 0.15) is 32.1 Å². The molecule has 0 radical (unpaired) electrons. The Kier molecular flexibility index (Phi) is 5.92. The van der Waals surface area contributed by atoms with Crippen LogP contribution >= 0.6 is 11.6 Å². The minimum atomic E-state index is -0.580. The van der Waals surface area contributed by atoms with Crippen molar-refractivity contribution in [1.82, 2.24) is 0 Å². The maximum atomic E-state index is 11.8. The fourth-order valence-electron chi connectivity index (χ4n) is 2.50. The molecule has 124 valence electrons. The van der Waals surface area contributed by atoms with Gasteiger partial charge in [-0.3, -0.25) is 19.7 Å². The van der Waals surface area contributed by atoms with E-state index in [1.165, 1.54) is 12.1 Å². The van der Waals surface area contributed by atoms with Crippen molar-refractivity contribution in [3.05, 3.63) is 33.3 Å². The fraction of sp³-hybridized carbons (Fsp3) is 0.467. The molecule has 0 bridgehead atoms. The molecule has 0 unspecified atom stereocenters. The number of amides is 1. The lowest BCUT2D eigenvalue weighted by atomic mass is 9.89. The number of nitro groups is 1. The predicted octanol–water partition coefficient (Wildman–Crippen LogP) is 3.31. The summed E-state index contributed by atoms with van der Waals surface area (Å²) >= 11 is 5.88. The van der Waals surface area contributed by atoms with Gasteiger partial charge in [0.15, 0.2) is 6.61 Å². The van der Waals surface area contributed by atoms with Gasteiger partial charge in [-0.2, -0.15) is 0 Å². The Balaban J connectivity index is 1.84. The summed E-state index contributed by atoms with van der Waals surface area (Å²) in [6.07, 6.45) is 4.74. The number of hydrogen-bond donors (Lipinski definition) is 1. The standard InChI is InChI=1S/C15H17ClN2O5/c16-12-8-11(18(21)22)6-7-13(12)17-14(19)9-23-15(20)10-4-2-1-3-5-10/h6-8,10H,1-5,9H2,(H,17,19). The van der Waals surface area contributed by atoms with Gasteiger partial charge in [0.25, 0.3) is 11.6 Å². The molecule has 0 saturated heterocycles. The molecular formula is C15H17ClN2O5. The summed E-state index contributed by atoms with van der Waals surface area (Å²) in [5, 5.41) is 13.1. The number of ether oxygens (including phenoxy) is 1. The smallest absolute Gasteiger partial charge is 0.309 e. The number of carbonyl (C=O) groups is 2. The molecule has 1 amide bonds. The van der Waals surface area contributed by atoms with E-state index in [4.69, 9.17) is 16.3 Å². The molecule has 1 N–H and O–H groups in total. The Morgan fingerprint density at radius 2 is 2.00 bits per heavy atom. The average molecular weight is 341 g/mol. The van der Waals surface area contributed by atoms with Gasteiger partial charge in [-0.1, -0.05) is 30.9 Å². The summed E-state index contributed by atoms with van der Waals surface area (Å²) in [6.45, 7) is -0.400. The zero-order valence-corrected chi connectivity index (χ0v) is 13.2. The van der Waals surface area contributed by atoms with Gasteiger partial charge in [-0.05, 0) is 18.9 Å². The monoisotopic (exact) mass is 340 g/mol. The van der Waals surface area contributed by atoms with Crippen LogP contribution < -0.4 is 5.32 Å². The zero-order chi connectivity index (χ0) is 16.8. The summed E-state index contributed by atoms with van der Waals surface area (Å²) in [5.74, 6) is -1.01. The van der Waals surface area contributed by atoms with Crippen LogP contribution in [0, 0.1) is 16.0 Å². The van der Waals surface area contributed by atoms with Crippen LogP contribution in [0.25, 0.3) is 0 Å². The molecule has 0 heterocycles. The first-order valence-electron chi connectivity index (χ1n) is 7.38. The van der Waals surface area contributed by atoms with E-state index >= 15 is 0 Å². The second-order valence-electron chi connectivity index (χ2n) is 5.41. The normalized spacial score (nSPS) is 15.0. The third-order valence-electron chi connectivity index (χ3n) is 3.72. The lowest BCUT2D eigenvalue weighted by Gasteiger charge is -2.19. The van der Waals surface area contributed by atoms with Crippen LogP contribution in [0.2, 0.25) is 5.02 Å². The van der Waals surface area contributed by atoms with Crippen molar-refractivity contribution in [3.63, 3.8) is 0 Å². The van der Waals surface area contributed by atoms with Crippen molar-refractivity contribution in [2.24, 2.45) is 5.92 Å². The largest absolute Gasteiger partial charge is 0.455 e. The van der Waals surface area contributed by atoms with Crippen molar-refractivity contribution in [2.45, 2.75) is 32.1 Å². The number of non-ortho nitro benzene ring substituents is 1. The summed E-state index contributed by atoms with van der Waals surface area (Å²) in [6, 6.07) is 3.71. The van der Waals surface area contributed by atoms with Crippen LogP contribution in [0.5, 0.6) is 0 Å². The Morgan fingerprint density at radius 1 is 1.30 bits per heavy atom. The highest BCUT2D eigenvalue weighted by atomic mass is 35.5. The molecule has 1 aromatic carbocycles. The van der Waals surface area contributed by atoms with E-state index in [2.05, 4.69) is 5.32 Å². The van der Waals surface area contributed by atoms with Crippen molar-refractivity contribution in [2.75, 3.05) is 11.9 Å². The van der Waals surface area contributed by atoms with Gasteiger partial charge in [0.2, 0.25) is 0 Å². The van der Waals surface area contributed by atoms with Crippen molar-refractivity contribution in [1.29, 1.82) is 0 Å². The fourth-order valence-corrected chi connectivity index (χ4v) is 2.72. The number of anilines is 1. The van der Waals surface area contributed by atoms with Gasteiger partial charge in [-0.15, -0.1) is 0 Å². The molecule has 23 heavy (non-hydrogen) atoms. The molecule has 0 spiro atoms. The summed E-state index contributed by atoms with van der Waals surface area (Å²) in [5.41, 5.74) is 0.0627. The first-order chi connectivity index (χ1) is 11.0. The van der Waals surface area contributed by atoms with E-state index in [9.17, 15) is 19.7 Å². The second-order valence-corrected chi connectivity index (χ2v) is 5.82. The Labute approximate surface area is 138 Å². The van der Waals surface area contributed by atoms with Gasteiger partial charge in [0.1, 0.15) is 0 Å². The number of benzene rings is 1. The molecule has 1 aliphatic carbocycles. The van der Waals surface area contributed by atoms with E-state index in [-0.39, 0.29) is 28.3 Å². The topological polar surface area (TPSA) is 98.5 Å². The number of nitro benzene ring substituents is 1. The molecule has 1 saturated carbocycles. The highest BCUT2D eigenvalue weighted by molar-refractivity contribution is 6.34. The van der Waals surface area contributed by atoms with Crippen LogP contribution in [-0.4, -0.2) is 23.4 Å². The lowest BCUT2D eigenvalue weighted by molar-refractivity contribution is -0.384. The maximum Gasteiger partial charge on any atom is 0.309 e. The molecule has 1 fully saturated rings. The van der Waals surface area contributed by atoms with Gasteiger partial charge in [-0.25, -0.2) is 0 Å². The number of esters is 1. The molecular weight excluding hydrogens is 324 g/mol. The van der Waals surface area contributed by atoms with Crippen LogP contribution in [0.15, 0.2) is 18.2 Å². The molecule has 8 heteroatoms. The van der Waals surface area contributed by atoms with E-state index in [1.54, 1.807) is 0 Å². The first-order valence-corrected chi connectivity index (χ1v) is 7.75. The average Bonchev–Trinajstić information content (AvgIpc) is 2.55. The highest BCUT2D eigenvalue weighted by Crippen LogP contribution is 2.27. The van der Waals surface area contributed by atoms with Crippen molar-refractivity contribution >= 4 is 34.9 Å². The maximum absolute atomic E-state index is 11.8. The number of halogens is 1. The third kappa shape index (κ3) is 4.92. The van der Waals surface area contributed by atoms with Crippen LogP contribution in [0.3, 0.4) is 0 Å². The summed E-state index contributed by atoms with van der Waals surface area (Å²) in [7, 11) is 0. The highest BCUT2D eigenvalue weighted by Gasteiger charge is 2.23. The number of nitrogens with one attached hydrogen (secondary N) is 1. The Hall–Kier alpha value is -2.15. The lowest BCUT2D eigenvalue weighted by Crippen LogP contribution is -2.26. The minimum absolute atomic E-state index is 0.0474. The second kappa shape index (κ2) is 7.92. The van der Waals surface area contributed by atoms with Gasteiger partial charge >= 0.3 is 5.97 Å². The molecule has 2 rings (SSSR count). The molecule has 0 atom stereocenters. The minimum Gasteiger partial charge on any atom is -0.455 e. The number of nitrogens with zero attached hydrogens (tertiary/aromatic N) is 1. The molecule has 0 aromatic heterocycles. The number of rotatable bonds is 5. The van der Waals surface area contributed by atoms with E-state index in [0.29, 0.717) is 0 Å².